The fourth-order valence-electron chi connectivity index (χ4n) is 4.37. The van der Waals surface area contributed by atoms with Crippen LogP contribution in [-0.2, 0) is 9.53 Å². The summed E-state index contributed by atoms with van der Waals surface area (Å²) < 4.78 is 11.4. The van der Waals surface area contributed by atoms with Crippen molar-refractivity contribution in [1.29, 1.82) is 0 Å². The van der Waals surface area contributed by atoms with Gasteiger partial charge in [0.1, 0.15) is 6.10 Å². The summed E-state index contributed by atoms with van der Waals surface area (Å²) in [5, 5.41) is 9.68. The fraction of sp³-hybridized carbons (Fsp3) is 0.375. The molecule has 0 spiro atoms. The molecule has 2 aliphatic rings. The maximum atomic E-state index is 11.1. The summed E-state index contributed by atoms with van der Waals surface area (Å²) in [5.41, 5.74) is 5.32. The second kappa shape index (κ2) is 8.92. The summed E-state index contributed by atoms with van der Waals surface area (Å²) in [6.07, 6.45) is 5.62. The van der Waals surface area contributed by atoms with Gasteiger partial charge in [-0.25, -0.2) is 4.98 Å². The molecule has 1 aliphatic heterocycles. The van der Waals surface area contributed by atoms with E-state index in [1.54, 1.807) is 0 Å². The highest BCUT2D eigenvalue weighted by Gasteiger charge is 2.27. The zero-order chi connectivity index (χ0) is 22.1. The predicted molar refractivity (Wildman–Crippen MR) is 122 cm³/mol. The fourth-order valence-corrected chi connectivity index (χ4v) is 4.63. The second-order valence-electron chi connectivity index (χ2n) is 8.29. The molecule has 5 rings (SSSR count). The highest BCUT2D eigenvalue weighted by Crippen LogP contribution is 2.32. The van der Waals surface area contributed by atoms with Gasteiger partial charge in [-0.1, -0.05) is 41.9 Å². The quantitative estimate of drug-likeness (QED) is 0.557. The van der Waals surface area contributed by atoms with E-state index < -0.39 is 5.97 Å². The lowest BCUT2D eigenvalue weighted by molar-refractivity contribution is -0.143. The van der Waals surface area contributed by atoms with E-state index in [4.69, 9.17) is 26.2 Å². The molecule has 3 heterocycles. The minimum absolute atomic E-state index is 0.0480. The van der Waals surface area contributed by atoms with Crippen molar-refractivity contribution >= 4 is 34.3 Å². The molecule has 2 N–H and O–H groups in total. The van der Waals surface area contributed by atoms with Gasteiger partial charge in [-0.3, -0.25) is 4.79 Å². The summed E-state index contributed by atoms with van der Waals surface area (Å²) in [5.74, 6) is -1.00. The first kappa shape index (κ1) is 21.0. The Morgan fingerprint density at radius 2 is 1.88 bits per heavy atom. The van der Waals surface area contributed by atoms with E-state index in [1.165, 1.54) is 11.1 Å². The van der Waals surface area contributed by atoms with E-state index in [0.717, 1.165) is 18.6 Å². The van der Waals surface area contributed by atoms with Crippen LogP contribution in [0.25, 0.3) is 28.0 Å². The predicted octanol–water partition coefficient (Wildman–Crippen LogP) is 5.10. The van der Waals surface area contributed by atoms with Gasteiger partial charge in [0.05, 0.1) is 35.4 Å². The van der Waals surface area contributed by atoms with Crippen LogP contribution in [0.2, 0.25) is 5.02 Å². The van der Waals surface area contributed by atoms with Gasteiger partial charge in [-0.05, 0) is 49.3 Å². The Morgan fingerprint density at radius 3 is 2.56 bits per heavy atom. The number of aromatic nitrogens is 3. The van der Waals surface area contributed by atoms with E-state index in [2.05, 4.69) is 33.2 Å². The Labute approximate surface area is 190 Å². The van der Waals surface area contributed by atoms with Crippen molar-refractivity contribution in [3.63, 3.8) is 0 Å². The third-order valence-electron chi connectivity index (χ3n) is 6.20. The zero-order valence-corrected chi connectivity index (χ0v) is 18.3. The number of aliphatic carboxylic acids is 1. The van der Waals surface area contributed by atoms with Crippen molar-refractivity contribution in [1.82, 2.24) is 15.0 Å². The number of pyridine rings is 1. The van der Waals surface area contributed by atoms with E-state index in [9.17, 15) is 4.79 Å². The molecule has 166 valence electrons. The first-order chi connectivity index (χ1) is 15.6. The average Bonchev–Trinajstić information content (AvgIpc) is 3.20. The van der Waals surface area contributed by atoms with E-state index >= 15 is 0 Å². The number of H-pyrrole nitrogens is 1. The van der Waals surface area contributed by atoms with Crippen LogP contribution >= 0.6 is 11.6 Å². The number of carboxylic acids is 1. The number of fused-ring (bicyclic) bond motifs is 1. The minimum atomic E-state index is -0.726. The molecular weight excluding hydrogens is 430 g/mol. The lowest BCUT2D eigenvalue weighted by Gasteiger charge is -2.25. The van der Waals surface area contributed by atoms with Crippen molar-refractivity contribution in [2.45, 2.75) is 38.2 Å². The number of carbonyl (C=O) groups is 1. The van der Waals surface area contributed by atoms with E-state index in [0.29, 0.717) is 60.2 Å². The molecule has 1 fully saturated rings. The number of ether oxygens (including phenoxy) is 2. The number of imidazole rings is 1. The van der Waals surface area contributed by atoms with Crippen LogP contribution in [0.5, 0.6) is 6.01 Å². The van der Waals surface area contributed by atoms with Crippen LogP contribution in [-0.4, -0.2) is 45.3 Å². The van der Waals surface area contributed by atoms with Crippen molar-refractivity contribution < 1.29 is 19.4 Å². The molecule has 8 heteroatoms. The lowest BCUT2D eigenvalue weighted by Crippen LogP contribution is -2.28. The van der Waals surface area contributed by atoms with Gasteiger partial charge < -0.3 is 19.6 Å². The largest absolute Gasteiger partial charge is 0.481 e. The van der Waals surface area contributed by atoms with E-state index in [1.807, 2.05) is 18.2 Å². The Balaban J connectivity index is 1.33. The number of nitrogens with zero attached hydrogens (tertiary/aromatic N) is 2. The van der Waals surface area contributed by atoms with Gasteiger partial charge in [0.15, 0.2) is 5.65 Å². The van der Waals surface area contributed by atoms with Gasteiger partial charge in [0.25, 0.3) is 6.01 Å². The summed E-state index contributed by atoms with van der Waals surface area (Å²) in [6.45, 7) is 1.41. The second-order valence-corrected chi connectivity index (χ2v) is 8.70. The molecule has 0 radical (unpaired) electrons. The first-order valence-corrected chi connectivity index (χ1v) is 11.3. The van der Waals surface area contributed by atoms with Gasteiger partial charge >= 0.3 is 5.97 Å². The number of carboxylic acid groups (broad SMARTS) is 1. The molecule has 32 heavy (non-hydrogen) atoms. The van der Waals surface area contributed by atoms with Crippen molar-refractivity contribution in [2.75, 3.05) is 13.2 Å². The van der Waals surface area contributed by atoms with Crippen LogP contribution in [0.15, 0.2) is 36.4 Å². The van der Waals surface area contributed by atoms with Crippen molar-refractivity contribution in [3.8, 4) is 17.3 Å². The number of rotatable bonds is 5. The van der Waals surface area contributed by atoms with Crippen molar-refractivity contribution in [3.05, 3.63) is 47.0 Å². The first-order valence-electron chi connectivity index (χ1n) is 10.9. The molecule has 1 aromatic carbocycles. The molecule has 1 aliphatic carbocycles. The Kier molecular flexibility index (Phi) is 5.85. The molecule has 0 saturated heterocycles. The van der Waals surface area contributed by atoms with Crippen LogP contribution in [0.4, 0.5) is 0 Å². The maximum absolute atomic E-state index is 11.1. The van der Waals surface area contributed by atoms with Crippen LogP contribution in [0.1, 0.15) is 37.7 Å². The molecule has 1 saturated carbocycles. The number of hydrogen-bond donors (Lipinski definition) is 2. The van der Waals surface area contributed by atoms with E-state index in [-0.39, 0.29) is 12.0 Å². The number of nitrogens with one attached hydrogen (secondary N) is 1. The third kappa shape index (κ3) is 4.36. The SMILES string of the molecule is O=C(O)C1CCC(Oc2nc3nc(-c4ccc(C5=CCOCC5)cc4)c(Cl)cc3[nH]2)CC1. The number of aromatic amines is 1. The van der Waals surface area contributed by atoms with Gasteiger partial charge in [0.2, 0.25) is 0 Å². The maximum Gasteiger partial charge on any atom is 0.306 e. The molecule has 0 unspecified atom stereocenters. The van der Waals surface area contributed by atoms with Gasteiger partial charge in [0, 0.05) is 5.56 Å². The molecular formula is C24H24ClN3O4. The molecule has 0 bridgehead atoms. The smallest absolute Gasteiger partial charge is 0.306 e. The monoisotopic (exact) mass is 453 g/mol. The number of halogens is 1. The molecule has 0 atom stereocenters. The van der Waals surface area contributed by atoms with Gasteiger partial charge in [-0.2, -0.15) is 4.98 Å². The zero-order valence-electron chi connectivity index (χ0n) is 17.5. The highest BCUT2D eigenvalue weighted by molar-refractivity contribution is 6.33. The average molecular weight is 454 g/mol. The Hall–Kier alpha value is -2.90. The third-order valence-corrected chi connectivity index (χ3v) is 6.49. The normalized spacial score (nSPS) is 21.3. The number of hydrogen-bond acceptors (Lipinski definition) is 5. The minimum Gasteiger partial charge on any atom is -0.481 e. The lowest BCUT2D eigenvalue weighted by atomic mass is 9.87. The molecule has 2 aromatic heterocycles. The topological polar surface area (TPSA) is 97.3 Å². The summed E-state index contributed by atoms with van der Waals surface area (Å²) in [4.78, 5) is 23.4. The van der Waals surface area contributed by atoms with Crippen LogP contribution in [0.3, 0.4) is 0 Å². The summed E-state index contributed by atoms with van der Waals surface area (Å²) in [6, 6.07) is 10.4. The van der Waals surface area contributed by atoms with Crippen LogP contribution < -0.4 is 4.74 Å². The molecule has 3 aromatic rings. The Bertz CT molecular complexity index is 1160. The van der Waals surface area contributed by atoms with Crippen molar-refractivity contribution in [2.24, 2.45) is 5.92 Å². The highest BCUT2D eigenvalue weighted by atomic mass is 35.5. The van der Waals surface area contributed by atoms with Crippen LogP contribution in [0, 0.1) is 5.92 Å². The number of benzene rings is 1. The summed E-state index contributed by atoms with van der Waals surface area (Å²) >= 11 is 6.54. The Morgan fingerprint density at radius 1 is 1.12 bits per heavy atom. The molecule has 7 nitrogen and oxygen atoms in total. The van der Waals surface area contributed by atoms with Gasteiger partial charge in [-0.15, -0.1) is 0 Å². The standard InChI is InChI=1S/C24H24ClN3O4/c25-19-13-20-22(28-24(26-20)32-18-7-5-17(6-8-18)23(29)30)27-21(19)16-3-1-14(2-4-16)15-9-11-31-12-10-15/h1-4,9,13,17-18H,5-8,10-12H2,(H,29,30)(H,26,27,28). The summed E-state index contributed by atoms with van der Waals surface area (Å²) in [7, 11) is 0. The molecule has 0 amide bonds.